The lowest BCUT2D eigenvalue weighted by atomic mass is 10.0. The number of nitrogens with zero attached hydrogens (tertiary/aromatic N) is 1. The van der Waals surface area contributed by atoms with Crippen LogP contribution in [0.1, 0.15) is 34.0 Å². The van der Waals surface area contributed by atoms with Crippen molar-refractivity contribution in [3.8, 4) is 5.75 Å². The van der Waals surface area contributed by atoms with Crippen LogP contribution in [0.3, 0.4) is 0 Å². The Morgan fingerprint density at radius 2 is 1.75 bits per heavy atom. The van der Waals surface area contributed by atoms with E-state index in [1.807, 2.05) is 38.1 Å². The molecule has 3 rings (SSSR count). The number of hydrogen-bond acceptors (Lipinski definition) is 3. The first-order chi connectivity index (χ1) is 13.4. The van der Waals surface area contributed by atoms with E-state index in [9.17, 15) is 13.6 Å². The molecule has 0 saturated carbocycles. The number of ether oxygens (including phenoxy) is 1. The third-order valence-electron chi connectivity index (χ3n) is 4.43. The summed E-state index contributed by atoms with van der Waals surface area (Å²) < 4.78 is 30.7. The van der Waals surface area contributed by atoms with E-state index in [-0.39, 0.29) is 11.7 Å². The Kier molecular flexibility index (Phi) is 5.68. The van der Waals surface area contributed by atoms with Crippen LogP contribution < -0.4 is 10.2 Å². The van der Waals surface area contributed by atoms with E-state index in [2.05, 4.69) is 10.5 Å². The summed E-state index contributed by atoms with van der Waals surface area (Å²) in [4.78, 5) is 12.4. The van der Waals surface area contributed by atoms with E-state index >= 15 is 0 Å². The van der Waals surface area contributed by atoms with Crippen LogP contribution in [0.2, 0.25) is 0 Å². The van der Waals surface area contributed by atoms with Crippen LogP contribution in [-0.4, -0.2) is 18.2 Å². The van der Waals surface area contributed by atoms with Crippen molar-refractivity contribution in [2.45, 2.75) is 27.4 Å². The molecule has 0 atom stereocenters. The molecular formula is C22H20F2N2O2. The Labute approximate surface area is 161 Å². The SMILES string of the molecule is C/C(=N\NC(=O)c1ccc(C)cc1C)c1ccc2ccccc2c1OC(F)F. The number of amides is 1. The van der Waals surface area contributed by atoms with Crippen LogP contribution in [0.15, 0.2) is 59.7 Å². The van der Waals surface area contributed by atoms with Gasteiger partial charge in [-0.25, -0.2) is 5.43 Å². The molecule has 28 heavy (non-hydrogen) atoms. The molecule has 0 saturated heterocycles. The minimum Gasteiger partial charge on any atom is -0.433 e. The zero-order valence-corrected chi connectivity index (χ0v) is 15.8. The quantitative estimate of drug-likeness (QED) is 0.486. The van der Waals surface area contributed by atoms with Crippen LogP contribution in [0.25, 0.3) is 10.8 Å². The van der Waals surface area contributed by atoms with Crippen molar-refractivity contribution in [2.24, 2.45) is 5.10 Å². The van der Waals surface area contributed by atoms with Crippen LogP contribution in [0.5, 0.6) is 5.75 Å². The topological polar surface area (TPSA) is 50.7 Å². The summed E-state index contributed by atoms with van der Waals surface area (Å²) in [6.07, 6.45) is 0. The predicted molar refractivity (Wildman–Crippen MR) is 106 cm³/mol. The van der Waals surface area contributed by atoms with Gasteiger partial charge in [0.15, 0.2) is 0 Å². The lowest BCUT2D eigenvalue weighted by molar-refractivity contribution is -0.0489. The fourth-order valence-corrected chi connectivity index (χ4v) is 3.07. The van der Waals surface area contributed by atoms with E-state index in [1.54, 1.807) is 37.3 Å². The second-order valence-electron chi connectivity index (χ2n) is 6.50. The van der Waals surface area contributed by atoms with Crippen LogP contribution in [0, 0.1) is 13.8 Å². The van der Waals surface area contributed by atoms with Gasteiger partial charge in [0, 0.05) is 16.5 Å². The van der Waals surface area contributed by atoms with Crippen LogP contribution in [0.4, 0.5) is 8.78 Å². The van der Waals surface area contributed by atoms with Gasteiger partial charge < -0.3 is 4.74 Å². The molecule has 0 aliphatic rings. The number of nitrogens with one attached hydrogen (secondary N) is 1. The van der Waals surface area contributed by atoms with E-state index in [0.717, 1.165) is 16.5 Å². The molecule has 0 unspecified atom stereocenters. The summed E-state index contributed by atoms with van der Waals surface area (Å²) in [6, 6.07) is 16.0. The number of benzene rings is 3. The Morgan fingerprint density at radius 1 is 1.04 bits per heavy atom. The molecule has 0 aliphatic carbocycles. The first-order valence-electron chi connectivity index (χ1n) is 8.75. The molecule has 0 heterocycles. The van der Waals surface area contributed by atoms with Crippen molar-refractivity contribution in [2.75, 3.05) is 0 Å². The molecule has 0 fully saturated rings. The Hall–Kier alpha value is -3.28. The second kappa shape index (κ2) is 8.17. The Balaban J connectivity index is 1.93. The largest absolute Gasteiger partial charge is 0.433 e. The van der Waals surface area contributed by atoms with Gasteiger partial charge >= 0.3 is 6.61 Å². The highest BCUT2D eigenvalue weighted by Gasteiger charge is 2.16. The first kappa shape index (κ1) is 19.5. The van der Waals surface area contributed by atoms with Crippen molar-refractivity contribution in [3.63, 3.8) is 0 Å². The van der Waals surface area contributed by atoms with Gasteiger partial charge in [0.05, 0.1) is 5.71 Å². The van der Waals surface area contributed by atoms with Gasteiger partial charge in [-0.05, 0) is 43.9 Å². The molecule has 1 N–H and O–H groups in total. The summed E-state index contributed by atoms with van der Waals surface area (Å²) in [5.74, 6) is -0.330. The van der Waals surface area contributed by atoms with Gasteiger partial charge in [0.25, 0.3) is 5.91 Å². The van der Waals surface area contributed by atoms with Crippen molar-refractivity contribution in [1.82, 2.24) is 5.43 Å². The zero-order chi connectivity index (χ0) is 20.3. The average Bonchev–Trinajstić information content (AvgIpc) is 2.65. The fraction of sp³-hybridized carbons (Fsp3) is 0.182. The monoisotopic (exact) mass is 382 g/mol. The lowest BCUT2D eigenvalue weighted by Gasteiger charge is -2.14. The van der Waals surface area contributed by atoms with E-state index in [1.165, 1.54) is 0 Å². The van der Waals surface area contributed by atoms with Crippen molar-refractivity contribution in [1.29, 1.82) is 0 Å². The molecule has 6 heteroatoms. The number of fused-ring (bicyclic) bond motifs is 1. The minimum absolute atomic E-state index is 0.0371. The van der Waals surface area contributed by atoms with E-state index in [0.29, 0.717) is 22.2 Å². The van der Waals surface area contributed by atoms with Crippen LogP contribution in [-0.2, 0) is 0 Å². The van der Waals surface area contributed by atoms with Gasteiger partial charge in [-0.2, -0.15) is 13.9 Å². The molecule has 1 amide bonds. The maximum Gasteiger partial charge on any atom is 0.387 e. The molecule has 0 radical (unpaired) electrons. The molecule has 3 aromatic carbocycles. The van der Waals surface area contributed by atoms with Gasteiger partial charge in [-0.15, -0.1) is 0 Å². The number of aryl methyl sites for hydroxylation is 2. The van der Waals surface area contributed by atoms with Gasteiger partial charge in [-0.3, -0.25) is 4.79 Å². The summed E-state index contributed by atoms with van der Waals surface area (Å²) in [7, 11) is 0. The van der Waals surface area contributed by atoms with Gasteiger partial charge in [0.1, 0.15) is 5.75 Å². The summed E-state index contributed by atoms with van der Waals surface area (Å²) in [5.41, 5.74) is 5.63. The smallest absolute Gasteiger partial charge is 0.387 e. The van der Waals surface area contributed by atoms with Crippen molar-refractivity contribution < 1.29 is 18.3 Å². The zero-order valence-electron chi connectivity index (χ0n) is 15.8. The molecule has 0 aliphatic heterocycles. The number of alkyl halides is 2. The average molecular weight is 382 g/mol. The highest BCUT2D eigenvalue weighted by Crippen LogP contribution is 2.31. The van der Waals surface area contributed by atoms with Crippen LogP contribution >= 0.6 is 0 Å². The molecule has 0 aromatic heterocycles. The normalized spacial score (nSPS) is 11.7. The number of hydrazone groups is 1. The third kappa shape index (κ3) is 4.17. The standard InChI is InChI=1S/C22H20F2N2O2/c1-13-8-10-17(14(2)12-13)21(27)26-25-15(3)18-11-9-16-6-4-5-7-19(16)20(18)28-22(23)24/h4-12,22H,1-3H3,(H,26,27)/b25-15+. The van der Waals surface area contributed by atoms with Crippen molar-refractivity contribution in [3.05, 3.63) is 76.9 Å². The maximum atomic E-state index is 13.0. The van der Waals surface area contributed by atoms with Crippen molar-refractivity contribution >= 4 is 22.4 Å². The van der Waals surface area contributed by atoms with Gasteiger partial charge in [-0.1, -0.05) is 48.0 Å². The fourth-order valence-electron chi connectivity index (χ4n) is 3.07. The number of rotatable bonds is 5. The molecule has 144 valence electrons. The Bertz CT molecular complexity index is 1060. The number of halogens is 2. The van der Waals surface area contributed by atoms with E-state index < -0.39 is 6.61 Å². The maximum absolute atomic E-state index is 13.0. The number of carbonyl (C=O) groups excluding carboxylic acids is 1. The molecule has 4 nitrogen and oxygen atoms in total. The minimum atomic E-state index is -2.97. The van der Waals surface area contributed by atoms with Gasteiger partial charge in [0.2, 0.25) is 0 Å². The first-order valence-corrected chi connectivity index (χ1v) is 8.75. The second-order valence-corrected chi connectivity index (χ2v) is 6.50. The number of hydrogen-bond donors (Lipinski definition) is 1. The lowest BCUT2D eigenvalue weighted by Crippen LogP contribution is -2.20. The predicted octanol–water partition coefficient (Wildman–Crippen LogP) is 5.21. The summed E-state index contributed by atoms with van der Waals surface area (Å²) in [5, 5.41) is 5.42. The number of carbonyl (C=O) groups is 1. The highest BCUT2D eigenvalue weighted by molar-refractivity contribution is 6.07. The molecule has 0 spiro atoms. The molecule has 0 bridgehead atoms. The molecular weight excluding hydrogens is 362 g/mol. The Morgan fingerprint density at radius 3 is 2.46 bits per heavy atom. The highest BCUT2D eigenvalue weighted by atomic mass is 19.3. The van der Waals surface area contributed by atoms with E-state index in [4.69, 9.17) is 4.74 Å². The third-order valence-corrected chi connectivity index (χ3v) is 4.43. The summed E-state index contributed by atoms with van der Waals surface area (Å²) >= 11 is 0. The summed E-state index contributed by atoms with van der Waals surface area (Å²) in [6.45, 7) is 2.45. The molecule has 3 aromatic rings.